The molecule has 0 radical (unpaired) electrons. The molecule has 2 aromatic rings. The van der Waals surface area contributed by atoms with Gasteiger partial charge in [-0.05, 0) is 29.8 Å². The number of hydrogen-bond donors (Lipinski definition) is 0. The summed E-state index contributed by atoms with van der Waals surface area (Å²) in [6, 6.07) is 10.6. The van der Waals surface area contributed by atoms with Gasteiger partial charge in [0.05, 0.1) is 18.6 Å². The van der Waals surface area contributed by atoms with Gasteiger partial charge < -0.3 is 4.74 Å². The quantitative estimate of drug-likeness (QED) is 0.467. The lowest BCUT2D eigenvalue weighted by Gasteiger charge is -2.11. The van der Waals surface area contributed by atoms with Gasteiger partial charge in [-0.25, -0.2) is 0 Å². The van der Waals surface area contributed by atoms with E-state index < -0.39 is 16.8 Å². The van der Waals surface area contributed by atoms with Crippen molar-refractivity contribution in [3.8, 4) is 5.75 Å². The van der Waals surface area contributed by atoms with Gasteiger partial charge in [0, 0.05) is 17.7 Å². The molecular weight excluding hydrogens is 325 g/mol. The first-order chi connectivity index (χ1) is 11.3. The molecule has 0 saturated carbocycles. The van der Waals surface area contributed by atoms with Crippen molar-refractivity contribution < 1.29 is 22.8 Å². The molecule has 0 aliphatic heterocycles. The summed E-state index contributed by atoms with van der Waals surface area (Å²) >= 11 is 0. The van der Waals surface area contributed by atoms with E-state index in [-0.39, 0.29) is 17.8 Å². The smallest absolute Gasteiger partial charge is 0.433 e. The first-order valence-electron chi connectivity index (χ1n) is 6.80. The second kappa shape index (κ2) is 7.12. The fraction of sp³-hybridized carbons (Fsp3) is 0.188. The van der Waals surface area contributed by atoms with E-state index in [2.05, 4.69) is 4.99 Å². The Hall–Kier alpha value is -2.90. The topological polar surface area (TPSA) is 64.7 Å². The predicted molar refractivity (Wildman–Crippen MR) is 82.4 cm³/mol. The number of aliphatic imine (C=N–C) groups is 1. The average Bonchev–Trinajstić information content (AvgIpc) is 2.55. The van der Waals surface area contributed by atoms with Crippen LogP contribution in [0.4, 0.5) is 18.9 Å². The first-order valence-corrected chi connectivity index (χ1v) is 6.80. The van der Waals surface area contributed by atoms with E-state index in [1.165, 1.54) is 55.6 Å². The summed E-state index contributed by atoms with van der Waals surface area (Å²) in [5, 5.41) is 10.6. The first kappa shape index (κ1) is 17.5. The molecule has 5 nitrogen and oxygen atoms in total. The zero-order valence-corrected chi connectivity index (χ0v) is 12.6. The molecule has 126 valence electrons. The van der Waals surface area contributed by atoms with Gasteiger partial charge in [-0.1, -0.05) is 12.1 Å². The zero-order chi connectivity index (χ0) is 17.7. The van der Waals surface area contributed by atoms with Crippen LogP contribution in [0.3, 0.4) is 0 Å². The van der Waals surface area contributed by atoms with E-state index in [1.54, 1.807) is 0 Å². The van der Waals surface area contributed by atoms with Crippen molar-refractivity contribution in [2.75, 3.05) is 7.11 Å². The number of non-ortho nitro benzene ring substituents is 1. The Morgan fingerprint density at radius 3 is 2.17 bits per heavy atom. The van der Waals surface area contributed by atoms with Crippen molar-refractivity contribution in [2.24, 2.45) is 4.99 Å². The standard InChI is InChI=1S/C16H13F3N2O3/c1-24-14-8-4-12(5-9-14)15(16(17,18)19)20-10-11-2-6-13(7-3-11)21(22)23/h2-9H,10H2,1H3. The monoisotopic (exact) mass is 338 g/mol. The number of rotatable bonds is 5. The summed E-state index contributed by atoms with van der Waals surface area (Å²) in [6.45, 7) is -0.237. The minimum Gasteiger partial charge on any atom is -0.497 e. The summed E-state index contributed by atoms with van der Waals surface area (Å²) < 4.78 is 44.5. The van der Waals surface area contributed by atoms with Crippen molar-refractivity contribution in [3.63, 3.8) is 0 Å². The third-order valence-corrected chi connectivity index (χ3v) is 3.20. The molecule has 2 rings (SSSR count). The number of methoxy groups -OCH3 is 1. The third kappa shape index (κ3) is 4.31. The lowest BCUT2D eigenvalue weighted by molar-refractivity contribution is -0.384. The Morgan fingerprint density at radius 1 is 1.12 bits per heavy atom. The maximum absolute atomic E-state index is 13.2. The minimum atomic E-state index is -4.62. The van der Waals surface area contributed by atoms with Crippen LogP contribution in [-0.4, -0.2) is 23.9 Å². The Labute approximate surface area is 135 Å². The molecule has 0 amide bonds. The molecule has 0 N–H and O–H groups in total. The van der Waals surface area contributed by atoms with Gasteiger partial charge >= 0.3 is 6.18 Å². The van der Waals surface area contributed by atoms with Gasteiger partial charge in [0.25, 0.3) is 5.69 Å². The molecule has 24 heavy (non-hydrogen) atoms. The van der Waals surface area contributed by atoms with E-state index in [1.807, 2.05) is 0 Å². The normalized spacial score (nSPS) is 12.1. The molecule has 0 aliphatic carbocycles. The molecule has 0 bridgehead atoms. The molecule has 0 unspecified atom stereocenters. The lowest BCUT2D eigenvalue weighted by atomic mass is 10.1. The number of halogens is 3. The Morgan fingerprint density at radius 2 is 1.71 bits per heavy atom. The Kier molecular flexibility index (Phi) is 5.18. The van der Waals surface area contributed by atoms with Crippen molar-refractivity contribution in [2.45, 2.75) is 12.7 Å². The highest BCUT2D eigenvalue weighted by Gasteiger charge is 2.36. The molecule has 0 fully saturated rings. The maximum atomic E-state index is 13.2. The number of hydrogen-bond acceptors (Lipinski definition) is 4. The molecule has 0 aliphatic rings. The Balaban J connectivity index is 2.27. The number of benzene rings is 2. The van der Waals surface area contributed by atoms with Gasteiger partial charge in [0.15, 0.2) is 0 Å². The van der Waals surface area contributed by atoms with Crippen molar-refractivity contribution >= 4 is 11.4 Å². The predicted octanol–water partition coefficient (Wildman–Crippen LogP) is 4.16. The van der Waals surface area contributed by atoms with Crippen LogP contribution >= 0.6 is 0 Å². The highest BCUT2D eigenvalue weighted by molar-refractivity contribution is 6.04. The molecule has 0 aromatic heterocycles. The van der Waals surface area contributed by atoms with E-state index in [4.69, 9.17) is 4.74 Å². The number of nitro benzene ring substituents is 1. The molecule has 0 atom stereocenters. The fourth-order valence-electron chi connectivity index (χ4n) is 1.99. The summed E-state index contributed by atoms with van der Waals surface area (Å²) in [5.74, 6) is 0.440. The highest BCUT2D eigenvalue weighted by atomic mass is 19.4. The van der Waals surface area contributed by atoms with Crippen LogP contribution in [-0.2, 0) is 6.54 Å². The van der Waals surface area contributed by atoms with Crippen LogP contribution in [0, 0.1) is 10.1 Å². The van der Waals surface area contributed by atoms with Gasteiger partial charge in [-0.2, -0.15) is 13.2 Å². The second-order valence-corrected chi connectivity index (χ2v) is 4.81. The summed E-state index contributed by atoms with van der Waals surface area (Å²) in [4.78, 5) is 13.6. The number of ether oxygens (including phenoxy) is 1. The van der Waals surface area contributed by atoms with Crippen LogP contribution in [0.2, 0.25) is 0 Å². The van der Waals surface area contributed by atoms with Gasteiger partial charge in [-0.15, -0.1) is 0 Å². The average molecular weight is 338 g/mol. The number of nitro groups is 1. The SMILES string of the molecule is COc1ccc(C(=NCc2ccc([N+](=O)[O-])cc2)C(F)(F)F)cc1. The second-order valence-electron chi connectivity index (χ2n) is 4.81. The van der Waals surface area contributed by atoms with Crippen LogP contribution in [0.1, 0.15) is 11.1 Å². The van der Waals surface area contributed by atoms with E-state index >= 15 is 0 Å². The van der Waals surface area contributed by atoms with E-state index in [0.29, 0.717) is 11.3 Å². The fourth-order valence-corrected chi connectivity index (χ4v) is 1.99. The van der Waals surface area contributed by atoms with E-state index in [0.717, 1.165) is 0 Å². The molecule has 0 saturated heterocycles. The molecule has 8 heteroatoms. The van der Waals surface area contributed by atoms with Gasteiger partial charge in [-0.3, -0.25) is 15.1 Å². The number of nitrogens with zero attached hydrogens (tertiary/aromatic N) is 2. The van der Waals surface area contributed by atoms with E-state index in [9.17, 15) is 23.3 Å². The maximum Gasteiger partial charge on any atom is 0.433 e. The zero-order valence-electron chi connectivity index (χ0n) is 12.6. The highest BCUT2D eigenvalue weighted by Crippen LogP contribution is 2.25. The van der Waals surface area contributed by atoms with Crippen LogP contribution < -0.4 is 4.74 Å². The van der Waals surface area contributed by atoms with Crippen LogP contribution in [0.25, 0.3) is 0 Å². The number of alkyl halides is 3. The molecular formula is C16H13F3N2O3. The lowest BCUT2D eigenvalue weighted by Crippen LogP contribution is -2.24. The molecule has 0 spiro atoms. The summed E-state index contributed by atoms with van der Waals surface area (Å²) in [6.07, 6.45) is -4.62. The van der Waals surface area contributed by atoms with Gasteiger partial charge in [0.1, 0.15) is 11.5 Å². The summed E-state index contributed by atoms with van der Waals surface area (Å²) in [5.41, 5.74) is -0.779. The van der Waals surface area contributed by atoms with Crippen LogP contribution in [0.15, 0.2) is 53.5 Å². The van der Waals surface area contributed by atoms with Crippen molar-refractivity contribution in [1.82, 2.24) is 0 Å². The minimum absolute atomic E-state index is 0.0785. The molecule has 0 heterocycles. The summed E-state index contributed by atoms with van der Waals surface area (Å²) in [7, 11) is 1.42. The Bertz CT molecular complexity index is 739. The van der Waals surface area contributed by atoms with Crippen molar-refractivity contribution in [3.05, 3.63) is 69.8 Å². The molecule has 2 aromatic carbocycles. The third-order valence-electron chi connectivity index (χ3n) is 3.20. The van der Waals surface area contributed by atoms with Crippen LogP contribution in [0.5, 0.6) is 5.75 Å². The largest absolute Gasteiger partial charge is 0.497 e. The van der Waals surface area contributed by atoms with Gasteiger partial charge in [0.2, 0.25) is 0 Å². The van der Waals surface area contributed by atoms with Crippen molar-refractivity contribution in [1.29, 1.82) is 0 Å².